The molecule has 4 heterocycles. The molecule has 41 heavy (non-hydrogen) atoms. The smallest absolute Gasteiger partial charge is 0.407 e. The predicted octanol–water partition coefficient (Wildman–Crippen LogP) is 5.15. The molecule has 2 aliphatic rings. The third kappa shape index (κ3) is 5.62. The molecule has 212 valence electrons. The Morgan fingerprint density at radius 2 is 1.49 bits per heavy atom. The van der Waals surface area contributed by atoms with Gasteiger partial charge in [-0.2, -0.15) is 0 Å². The summed E-state index contributed by atoms with van der Waals surface area (Å²) in [7, 11) is 4.10. The molecule has 6 rings (SSSR count). The number of nitrogens with one attached hydrogen (secondary N) is 3. The van der Waals surface area contributed by atoms with E-state index in [1.165, 1.54) is 13.5 Å². The van der Waals surface area contributed by atoms with Gasteiger partial charge in [-0.25, -0.2) is 14.8 Å². The summed E-state index contributed by atoms with van der Waals surface area (Å²) in [6.45, 7) is 1.65. The van der Waals surface area contributed by atoms with Crippen LogP contribution in [-0.4, -0.2) is 61.7 Å². The molecule has 11 heteroatoms. The van der Waals surface area contributed by atoms with E-state index in [9.17, 15) is 9.59 Å². The Morgan fingerprint density at radius 3 is 2.07 bits per heavy atom. The molecule has 2 aromatic carbocycles. The standard InChI is InChI=1S/C30H34N7O3P/c1-40-30(39)35-26(21-7-3-2-4-8-21)29(38)36-15-5-9-24(36)27-31-17-22(33-27)19-11-13-20(14-12-19)23-18-32-28(34-23)25-10-6-16-37(25)41/h2-4,7-8,11-14,17-18,24-26H,5-6,9-10,15-16,41H2,1H3,(H,31,33)(H,32,34)(H,35,39)/t24-,25-,26+/m0/s1. The molecule has 0 saturated carbocycles. The first kappa shape index (κ1) is 27.2. The Balaban J connectivity index is 1.18. The predicted molar refractivity (Wildman–Crippen MR) is 158 cm³/mol. The third-order valence-corrected chi connectivity index (χ3v) is 8.60. The van der Waals surface area contributed by atoms with E-state index < -0.39 is 12.1 Å². The molecule has 0 radical (unpaired) electrons. The quantitative estimate of drug-likeness (QED) is 0.264. The summed E-state index contributed by atoms with van der Waals surface area (Å²) in [5.41, 5.74) is 4.65. The van der Waals surface area contributed by atoms with Crippen molar-refractivity contribution in [3.05, 3.63) is 84.2 Å². The van der Waals surface area contributed by atoms with Crippen molar-refractivity contribution in [1.82, 2.24) is 34.8 Å². The first-order valence-corrected chi connectivity index (χ1v) is 14.5. The molecular formula is C30H34N7O3P. The van der Waals surface area contributed by atoms with Gasteiger partial charge in [0, 0.05) is 13.1 Å². The number of imidazole rings is 2. The van der Waals surface area contributed by atoms with Crippen LogP contribution in [0.2, 0.25) is 0 Å². The SMILES string of the molecule is COC(=O)N[C@@H](C(=O)N1CCC[C@H]1c1ncc(-c2ccc(-c3cnc([C@@H]4CCCN4P)[nH]3)cc2)[nH]1)c1ccccc1. The van der Waals surface area contributed by atoms with Crippen molar-refractivity contribution in [3.63, 3.8) is 0 Å². The van der Waals surface area contributed by atoms with E-state index in [0.29, 0.717) is 18.2 Å². The summed E-state index contributed by atoms with van der Waals surface area (Å²) < 4.78 is 7.06. The van der Waals surface area contributed by atoms with Crippen molar-refractivity contribution in [3.8, 4) is 22.5 Å². The van der Waals surface area contributed by atoms with Gasteiger partial charge in [0.2, 0.25) is 0 Å². The number of aromatic amines is 2. The van der Waals surface area contributed by atoms with Crippen LogP contribution < -0.4 is 5.32 Å². The molecule has 0 bridgehead atoms. The van der Waals surface area contributed by atoms with Gasteiger partial charge in [-0.3, -0.25) is 9.46 Å². The molecule has 2 fully saturated rings. The van der Waals surface area contributed by atoms with Gasteiger partial charge in [-0.1, -0.05) is 64.0 Å². The fourth-order valence-electron chi connectivity index (χ4n) is 5.81. The van der Waals surface area contributed by atoms with Crippen LogP contribution in [0.1, 0.15) is 61.0 Å². The largest absolute Gasteiger partial charge is 0.453 e. The van der Waals surface area contributed by atoms with Crippen LogP contribution >= 0.6 is 9.39 Å². The number of hydrogen-bond acceptors (Lipinski definition) is 6. The lowest BCUT2D eigenvalue weighted by atomic mass is 10.1. The summed E-state index contributed by atoms with van der Waals surface area (Å²) in [5.74, 6) is 1.55. The van der Waals surface area contributed by atoms with Crippen LogP contribution in [0.25, 0.3) is 22.5 Å². The van der Waals surface area contributed by atoms with Crippen molar-refractivity contribution < 1.29 is 14.3 Å². The highest BCUT2D eigenvalue weighted by atomic mass is 31.0. The molecule has 2 amide bonds. The molecular weight excluding hydrogens is 537 g/mol. The average molecular weight is 572 g/mol. The van der Waals surface area contributed by atoms with Crippen LogP contribution in [0.15, 0.2) is 67.0 Å². The fraction of sp³-hybridized carbons (Fsp3) is 0.333. The van der Waals surface area contributed by atoms with Crippen molar-refractivity contribution in [1.29, 1.82) is 0 Å². The van der Waals surface area contributed by atoms with Crippen LogP contribution in [0, 0.1) is 0 Å². The number of rotatable bonds is 7. The summed E-state index contributed by atoms with van der Waals surface area (Å²) in [4.78, 5) is 43.9. The second kappa shape index (κ2) is 11.8. The van der Waals surface area contributed by atoms with Crippen LogP contribution in [-0.2, 0) is 9.53 Å². The minimum atomic E-state index is -0.845. The fourth-order valence-corrected chi connectivity index (χ4v) is 6.28. The number of carbonyl (C=O) groups excluding carboxylic acids is 2. The number of ether oxygens (including phenoxy) is 1. The number of likely N-dealkylation sites (tertiary alicyclic amines) is 1. The van der Waals surface area contributed by atoms with E-state index in [1.807, 2.05) is 42.7 Å². The van der Waals surface area contributed by atoms with Crippen LogP contribution in [0.5, 0.6) is 0 Å². The number of benzene rings is 2. The molecule has 3 N–H and O–H groups in total. The van der Waals surface area contributed by atoms with Gasteiger partial charge < -0.3 is 24.9 Å². The molecule has 0 aliphatic carbocycles. The van der Waals surface area contributed by atoms with E-state index in [2.05, 4.69) is 63.6 Å². The second-order valence-corrected chi connectivity index (χ2v) is 11.2. The highest BCUT2D eigenvalue weighted by Crippen LogP contribution is 2.35. The molecule has 2 aromatic heterocycles. The van der Waals surface area contributed by atoms with Crippen LogP contribution in [0.3, 0.4) is 0 Å². The summed E-state index contributed by atoms with van der Waals surface area (Å²) in [6.07, 6.45) is 6.99. The zero-order valence-electron chi connectivity index (χ0n) is 22.9. The Labute approximate surface area is 241 Å². The first-order chi connectivity index (χ1) is 20.0. The van der Waals surface area contributed by atoms with Gasteiger partial charge in [0.05, 0.1) is 43.0 Å². The van der Waals surface area contributed by atoms with Crippen molar-refractivity contribution in [2.75, 3.05) is 20.2 Å². The van der Waals surface area contributed by atoms with Gasteiger partial charge in [0.15, 0.2) is 0 Å². The molecule has 10 nitrogen and oxygen atoms in total. The highest BCUT2D eigenvalue weighted by molar-refractivity contribution is 7.13. The highest BCUT2D eigenvalue weighted by Gasteiger charge is 2.37. The maximum Gasteiger partial charge on any atom is 0.407 e. The average Bonchev–Trinajstić information content (AvgIpc) is 3.82. The van der Waals surface area contributed by atoms with E-state index >= 15 is 0 Å². The van der Waals surface area contributed by atoms with E-state index in [-0.39, 0.29) is 11.9 Å². The summed E-state index contributed by atoms with van der Waals surface area (Å²) in [5, 5.41) is 2.71. The molecule has 4 atom stereocenters. The number of hydrogen-bond donors (Lipinski definition) is 3. The topological polar surface area (TPSA) is 119 Å². The monoisotopic (exact) mass is 571 g/mol. The van der Waals surface area contributed by atoms with Crippen molar-refractivity contribution >= 4 is 21.4 Å². The number of H-pyrrole nitrogens is 2. The Bertz CT molecular complexity index is 1500. The molecule has 1 unspecified atom stereocenters. The molecule has 2 aliphatic heterocycles. The normalized spacial score (nSPS) is 19.8. The Morgan fingerprint density at radius 1 is 0.902 bits per heavy atom. The minimum Gasteiger partial charge on any atom is -0.453 e. The lowest BCUT2D eigenvalue weighted by Crippen LogP contribution is -2.42. The Hall–Kier alpha value is -4.01. The van der Waals surface area contributed by atoms with Crippen LogP contribution in [0.4, 0.5) is 4.79 Å². The lowest BCUT2D eigenvalue weighted by molar-refractivity contribution is -0.134. The van der Waals surface area contributed by atoms with Gasteiger partial charge in [-0.15, -0.1) is 0 Å². The van der Waals surface area contributed by atoms with Gasteiger partial charge in [0.1, 0.15) is 17.7 Å². The number of aromatic nitrogens is 4. The number of nitrogens with zero attached hydrogens (tertiary/aromatic N) is 4. The zero-order valence-corrected chi connectivity index (χ0v) is 24.1. The van der Waals surface area contributed by atoms with Crippen molar-refractivity contribution in [2.24, 2.45) is 0 Å². The molecule has 4 aromatic rings. The van der Waals surface area contributed by atoms with Gasteiger partial charge >= 0.3 is 6.09 Å². The third-order valence-electron chi connectivity index (χ3n) is 7.99. The van der Waals surface area contributed by atoms with Crippen molar-refractivity contribution in [2.45, 2.75) is 43.8 Å². The lowest BCUT2D eigenvalue weighted by Gasteiger charge is -2.28. The van der Waals surface area contributed by atoms with Gasteiger partial charge in [0.25, 0.3) is 5.91 Å². The second-order valence-electron chi connectivity index (χ2n) is 10.5. The maximum atomic E-state index is 13.7. The number of alkyl carbamates (subject to hydrolysis) is 1. The van der Waals surface area contributed by atoms with E-state index in [4.69, 9.17) is 4.74 Å². The van der Waals surface area contributed by atoms with E-state index in [1.54, 1.807) is 4.90 Å². The van der Waals surface area contributed by atoms with E-state index in [0.717, 1.165) is 60.0 Å². The summed E-state index contributed by atoms with van der Waals surface area (Å²) >= 11 is 0. The number of methoxy groups -OCH3 is 1. The van der Waals surface area contributed by atoms with Gasteiger partial charge in [-0.05, 0) is 42.4 Å². The molecule has 0 spiro atoms. The first-order valence-electron chi connectivity index (χ1n) is 13.9. The minimum absolute atomic E-state index is 0.187. The zero-order chi connectivity index (χ0) is 28.3. The maximum absolute atomic E-state index is 13.7. The summed E-state index contributed by atoms with van der Waals surface area (Å²) in [6, 6.07) is 16.8. The number of carbonyl (C=O) groups is 2. The molecule has 2 saturated heterocycles. The number of amides is 2. The Kier molecular flexibility index (Phi) is 7.85.